The summed E-state index contributed by atoms with van der Waals surface area (Å²) in [4.78, 5) is 0. The first kappa shape index (κ1) is 25.1. The third kappa shape index (κ3) is 5.67. The number of ether oxygens (including phenoxy) is 2. The Morgan fingerprint density at radius 1 is 0.824 bits per heavy atom. The van der Waals surface area contributed by atoms with E-state index in [0.717, 1.165) is 18.4 Å². The number of halogens is 8. The third-order valence-electron chi connectivity index (χ3n) is 4.64. The van der Waals surface area contributed by atoms with Gasteiger partial charge in [0, 0.05) is 12.1 Å². The summed E-state index contributed by atoms with van der Waals surface area (Å²) in [5.41, 5.74) is -0.413. The second-order valence-electron chi connectivity index (χ2n) is 7.12. The lowest BCUT2D eigenvalue weighted by atomic mass is 10.00. The molecule has 0 saturated carbocycles. The van der Waals surface area contributed by atoms with Crippen LogP contribution in [0.2, 0.25) is 0 Å². The highest BCUT2D eigenvalue weighted by Crippen LogP contribution is 2.38. The summed E-state index contributed by atoms with van der Waals surface area (Å²) in [6.45, 7) is 1.98. The fourth-order valence-electron chi connectivity index (χ4n) is 3.18. The van der Waals surface area contributed by atoms with Gasteiger partial charge in [0.15, 0.2) is 23.6 Å². The first-order chi connectivity index (χ1) is 16.0. The second-order valence-corrected chi connectivity index (χ2v) is 7.12. The first-order valence-electron chi connectivity index (χ1n) is 9.84. The molecule has 0 N–H and O–H groups in total. The van der Waals surface area contributed by atoms with Gasteiger partial charge in [0.25, 0.3) is 0 Å². The minimum absolute atomic E-state index is 0.00987. The Morgan fingerprint density at radius 3 is 1.88 bits per heavy atom. The van der Waals surface area contributed by atoms with Gasteiger partial charge in [-0.15, -0.1) is 0 Å². The van der Waals surface area contributed by atoms with Crippen LogP contribution in [0.1, 0.15) is 24.5 Å². The molecular formula is C24H16F8O2. The molecule has 0 unspecified atom stereocenters. The van der Waals surface area contributed by atoms with E-state index in [2.05, 4.69) is 9.47 Å². The van der Waals surface area contributed by atoms with Crippen LogP contribution in [0, 0.1) is 23.3 Å². The Kier molecular flexibility index (Phi) is 7.48. The number of aryl methyl sites for hydroxylation is 1. The minimum Gasteiger partial charge on any atom is -0.453 e. The lowest BCUT2D eigenvalue weighted by Crippen LogP contribution is -2.25. The maximum absolute atomic E-state index is 14.6. The standard InChI is InChI=1S/C24H16F8O2/c1-2-3-13-4-6-14(7-5-13)15-8-17(25)22(18(26)9-15)24(31,32)34-16-10-19(27)23(20(28)11-16)33-12-21(29)30/h4-12H,2-3H2,1H3. The number of alkyl halides is 2. The van der Waals surface area contributed by atoms with E-state index in [1.54, 1.807) is 24.3 Å². The maximum Gasteiger partial charge on any atom is 0.432 e. The Morgan fingerprint density at radius 2 is 1.38 bits per heavy atom. The van der Waals surface area contributed by atoms with Crippen LogP contribution in [0.15, 0.2) is 60.9 Å². The summed E-state index contributed by atoms with van der Waals surface area (Å²) in [5, 5.41) is 0. The van der Waals surface area contributed by atoms with Crippen molar-refractivity contribution < 1.29 is 44.6 Å². The zero-order chi connectivity index (χ0) is 25.0. The normalized spacial score (nSPS) is 11.3. The van der Waals surface area contributed by atoms with Crippen molar-refractivity contribution in [1.82, 2.24) is 0 Å². The molecule has 3 aromatic carbocycles. The Hall–Kier alpha value is -3.56. The van der Waals surface area contributed by atoms with Gasteiger partial charge >= 0.3 is 12.2 Å². The van der Waals surface area contributed by atoms with Crippen molar-refractivity contribution in [2.75, 3.05) is 0 Å². The molecule has 0 fully saturated rings. The van der Waals surface area contributed by atoms with Crippen LogP contribution < -0.4 is 9.47 Å². The van der Waals surface area contributed by atoms with Crippen LogP contribution in [0.3, 0.4) is 0 Å². The average Bonchev–Trinajstić information content (AvgIpc) is 2.72. The largest absolute Gasteiger partial charge is 0.453 e. The summed E-state index contributed by atoms with van der Waals surface area (Å²) in [6.07, 6.45) is -5.66. The van der Waals surface area contributed by atoms with Gasteiger partial charge in [-0.1, -0.05) is 37.6 Å². The fraction of sp³-hybridized carbons (Fsp3) is 0.167. The Bertz CT molecular complexity index is 1160. The topological polar surface area (TPSA) is 18.5 Å². The molecule has 0 aliphatic carbocycles. The SMILES string of the molecule is CCCc1ccc(-c2cc(F)c(C(F)(F)Oc3cc(F)c(OC=C(F)F)c(F)c3)c(F)c2)cc1. The highest BCUT2D eigenvalue weighted by Gasteiger charge is 2.41. The molecule has 0 aromatic heterocycles. The van der Waals surface area contributed by atoms with Crippen molar-refractivity contribution in [3.63, 3.8) is 0 Å². The van der Waals surface area contributed by atoms with Crippen LogP contribution in [0.5, 0.6) is 11.5 Å². The van der Waals surface area contributed by atoms with Crippen LogP contribution >= 0.6 is 0 Å². The van der Waals surface area contributed by atoms with Gasteiger partial charge in [0.2, 0.25) is 0 Å². The minimum atomic E-state index is -4.68. The summed E-state index contributed by atoms with van der Waals surface area (Å²) in [6, 6.07) is 8.42. The zero-order valence-electron chi connectivity index (χ0n) is 17.5. The molecule has 34 heavy (non-hydrogen) atoms. The van der Waals surface area contributed by atoms with Crippen LogP contribution in [-0.2, 0) is 12.5 Å². The van der Waals surface area contributed by atoms with Crippen molar-refractivity contribution in [1.29, 1.82) is 0 Å². The van der Waals surface area contributed by atoms with E-state index in [9.17, 15) is 35.1 Å². The van der Waals surface area contributed by atoms with Crippen molar-refractivity contribution in [2.45, 2.75) is 25.9 Å². The van der Waals surface area contributed by atoms with E-state index in [1.165, 1.54) is 0 Å². The highest BCUT2D eigenvalue weighted by atomic mass is 19.3. The molecule has 0 aliphatic heterocycles. The van der Waals surface area contributed by atoms with Gasteiger partial charge < -0.3 is 9.47 Å². The Labute approximate surface area is 189 Å². The molecule has 0 bridgehead atoms. The van der Waals surface area contributed by atoms with E-state index < -0.39 is 52.5 Å². The molecule has 2 nitrogen and oxygen atoms in total. The molecule has 180 valence electrons. The summed E-state index contributed by atoms with van der Waals surface area (Å²) in [5.74, 6) is -9.09. The maximum atomic E-state index is 14.6. The van der Waals surface area contributed by atoms with E-state index in [-0.39, 0.29) is 24.0 Å². The first-order valence-corrected chi connectivity index (χ1v) is 9.84. The van der Waals surface area contributed by atoms with Crippen molar-refractivity contribution in [2.24, 2.45) is 0 Å². The number of rotatable bonds is 8. The molecule has 0 radical (unpaired) electrons. The number of hydrogen-bond acceptors (Lipinski definition) is 2. The van der Waals surface area contributed by atoms with Gasteiger partial charge in [-0.2, -0.15) is 17.6 Å². The van der Waals surface area contributed by atoms with Gasteiger partial charge in [0.1, 0.15) is 22.9 Å². The Balaban J connectivity index is 1.89. The molecule has 0 amide bonds. The molecular weight excluding hydrogens is 472 g/mol. The summed E-state index contributed by atoms with van der Waals surface area (Å²) >= 11 is 0. The fourth-order valence-corrected chi connectivity index (χ4v) is 3.18. The average molecular weight is 488 g/mol. The van der Waals surface area contributed by atoms with Gasteiger partial charge in [0.05, 0.1) is 0 Å². The summed E-state index contributed by atoms with van der Waals surface area (Å²) in [7, 11) is 0. The number of hydrogen-bond donors (Lipinski definition) is 0. The molecule has 0 aliphatic rings. The summed E-state index contributed by atoms with van der Waals surface area (Å²) < 4.78 is 118. The number of benzene rings is 3. The van der Waals surface area contributed by atoms with Gasteiger partial charge in [-0.25, -0.2) is 17.6 Å². The van der Waals surface area contributed by atoms with Crippen molar-refractivity contribution >= 4 is 0 Å². The lowest BCUT2D eigenvalue weighted by molar-refractivity contribution is -0.189. The molecule has 3 rings (SSSR count). The molecule has 3 aromatic rings. The van der Waals surface area contributed by atoms with Crippen molar-refractivity contribution in [3.8, 4) is 22.6 Å². The predicted octanol–water partition coefficient (Wildman–Crippen LogP) is 8.11. The molecule has 10 heteroatoms. The van der Waals surface area contributed by atoms with E-state index >= 15 is 0 Å². The third-order valence-corrected chi connectivity index (χ3v) is 4.64. The quantitative estimate of drug-likeness (QED) is 0.236. The lowest BCUT2D eigenvalue weighted by Gasteiger charge is -2.20. The van der Waals surface area contributed by atoms with Crippen LogP contribution in [-0.4, -0.2) is 0 Å². The second kappa shape index (κ2) is 10.1. The van der Waals surface area contributed by atoms with Gasteiger partial charge in [-0.05, 0) is 35.2 Å². The van der Waals surface area contributed by atoms with Crippen LogP contribution in [0.25, 0.3) is 11.1 Å². The smallest absolute Gasteiger partial charge is 0.432 e. The molecule has 0 atom stereocenters. The predicted molar refractivity (Wildman–Crippen MR) is 108 cm³/mol. The highest BCUT2D eigenvalue weighted by molar-refractivity contribution is 5.64. The van der Waals surface area contributed by atoms with E-state index in [4.69, 9.17) is 0 Å². The van der Waals surface area contributed by atoms with Gasteiger partial charge in [-0.3, -0.25) is 0 Å². The molecule has 0 heterocycles. The monoisotopic (exact) mass is 488 g/mol. The van der Waals surface area contributed by atoms with E-state index in [1.807, 2.05) is 6.92 Å². The molecule has 0 saturated heterocycles. The van der Waals surface area contributed by atoms with Crippen molar-refractivity contribution in [3.05, 3.63) is 95.3 Å². The molecule has 0 spiro atoms. The van der Waals surface area contributed by atoms with Crippen LogP contribution in [0.4, 0.5) is 35.1 Å². The van der Waals surface area contributed by atoms with E-state index in [0.29, 0.717) is 17.7 Å². The zero-order valence-corrected chi connectivity index (χ0v) is 17.5.